The van der Waals surface area contributed by atoms with Gasteiger partial charge < -0.3 is 5.11 Å². The van der Waals surface area contributed by atoms with Crippen molar-refractivity contribution in [3.63, 3.8) is 0 Å². The monoisotopic (exact) mass is 480 g/mol. The lowest BCUT2D eigenvalue weighted by molar-refractivity contribution is -0.384. The first-order valence-electron chi connectivity index (χ1n) is 11.0. The molecule has 186 valence electrons. The highest BCUT2D eigenvalue weighted by Crippen LogP contribution is 2.51. The number of aliphatic hydroxyl groups is 1. The SMILES string of the molecule is OC(C(C/C=C/C1CCC(C2CCCCC2)CC1)CC(F)=C(F)F)(C(F)(F)F)C(F)(F)F. The molecule has 0 amide bonds. The molecule has 1 nitrogen and oxygen atoms in total. The summed E-state index contributed by atoms with van der Waals surface area (Å²) < 4.78 is 117. The van der Waals surface area contributed by atoms with Crippen LogP contribution in [0.15, 0.2) is 24.1 Å². The molecule has 2 rings (SSSR count). The van der Waals surface area contributed by atoms with Crippen LogP contribution in [0.2, 0.25) is 0 Å². The van der Waals surface area contributed by atoms with E-state index in [0.29, 0.717) is 11.8 Å². The molecule has 2 saturated carbocycles. The summed E-state index contributed by atoms with van der Waals surface area (Å²) in [7, 11) is 0. The molecule has 0 aromatic carbocycles. The van der Waals surface area contributed by atoms with Crippen LogP contribution in [0, 0.1) is 23.7 Å². The number of allylic oxidation sites excluding steroid dienone is 3. The molecule has 0 aromatic heterocycles. The minimum atomic E-state index is -6.21. The van der Waals surface area contributed by atoms with Crippen molar-refractivity contribution >= 4 is 0 Å². The lowest BCUT2D eigenvalue weighted by Gasteiger charge is -2.38. The van der Waals surface area contributed by atoms with Crippen LogP contribution in [-0.4, -0.2) is 23.1 Å². The molecule has 2 aliphatic rings. The van der Waals surface area contributed by atoms with Crippen molar-refractivity contribution in [2.75, 3.05) is 0 Å². The van der Waals surface area contributed by atoms with Gasteiger partial charge in [-0.1, -0.05) is 44.3 Å². The minimum absolute atomic E-state index is 0.0568. The molecule has 2 fully saturated rings. The first kappa shape index (κ1) is 27.1. The highest BCUT2D eigenvalue weighted by Gasteiger charge is 2.73. The van der Waals surface area contributed by atoms with E-state index >= 15 is 0 Å². The Bertz CT molecular complexity index is 633. The normalized spacial score (nSPS) is 25.2. The first-order valence-corrected chi connectivity index (χ1v) is 11.0. The fourth-order valence-corrected chi connectivity index (χ4v) is 5.17. The quantitative estimate of drug-likeness (QED) is 0.287. The summed E-state index contributed by atoms with van der Waals surface area (Å²) in [4.78, 5) is 0. The van der Waals surface area contributed by atoms with Gasteiger partial charge in [-0.3, -0.25) is 0 Å². The number of halogens is 9. The molecular formula is C22H29F9O. The molecule has 0 bridgehead atoms. The van der Waals surface area contributed by atoms with Gasteiger partial charge in [0.05, 0.1) is 0 Å². The molecule has 0 spiro atoms. The largest absolute Gasteiger partial charge is 0.426 e. The van der Waals surface area contributed by atoms with Crippen LogP contribution < -0.4 is 0 Å². The summed E-state index contributed by atoms with van der Waals surface area (Å²) in [5.41, 5.74) is -5.31. The van der Waals surface area contributed by atoms with Gasteiger partial charge in [0.1, 0.15) is 0 Å². The lowest BCUT2D eigenvalue weighted by atomic mass is 9.71. The van der Waals surface area contributed by atoms with Crippen molar-refractivity contribution < 1.29 is 44.6 Å². The molecule has 1 unspecified atom stereocenters. The Labute approximate surface area is 181 Å². The Kier molecular flexibility index (Phi) is 9.15. The number of alkyl halides is 6. The molecule has 0 aliphatic heterocycles. The van der Waals surface area contributed by atoms with Gasteiger partial charge in [0.25, 0.3) is 5.60 Å². The summed E-state index contributed by atoms with van der Waals surface area (Å²) in [6.45, 7) is 0. The van der Waals surface area contributed by atoms with Crippen LogP contribution in [0.5, 0.6) is 0 Å². The van der Waals surface area contributed by atoms with Gasteiger partial charge >= 0.3 is 18.4 Å². The fraction of sp³-hybridized carbons (Fsp3) is 0.818. The average Bonchev–Trinajstić information content (AvgIpc) is 2.71. The summed E-state index contributed by atoms with van der Waals surface area (Å²) in [5, 5.41) is 9.57. The summed E-state index contributed by atoms with van der Waals surface area (Å²) >= 11 is 0. The maximum Gasteiger partial charge on any atom is 0.426 e. The predicted molar refractivity (Wildman–Crippen MR) is 101 cm³/mol. The molecule has 10 heteroatoms. The van der Waals surface area contributed by atoms with Crippen LogP contribution in [0.1, 0.15) is 70.6 Å². The van der Waals surface area contributed by atoms with E-state index in [9.17, 15) is 44.6 Å². The van der Waals surface area contributed by atoms with Crippen molar-refractivity contribution in [2.24, 2.45) is 23.7 Å². The maximum atomic E-state index is 13.3. The third-order valence-corrected chi connectivity index (χ3v) is 7.05. The zero-order valence-electron chi connectivity index (χ0n) is 17.6. The summed E-state index contributed by atoms with van der Waals surface area (Å²) in [5.74, 6) is -4.10. The van der Waals surface area contributed by atoms with Gasteiger partial charge in [-0.15, -0.1) is 0 Å². The zero-order chi connectivity index (χ0) is 24.2. The van der Waals surface area contributed by atoms with Crippen LogP contribution in [0.4, 0.5) is 39.5 Å². The predicted octanol–water partition coefficient (Wildman–Crippen LogP) is 8.26. The zero-order valence-corrected chi connectivity index (χ0v) is 17.6. The second kappa shape index (κ2) is 10.8. The summed E-state index contributed by atoms with van der Waals surface area (Å²) in [6, 6.07) is 0. The topological polar surface area (TPSA) is 20.2 Å². The van der Waals surface area contributed by atoms with Gasteiger partial charge in [-0.25, -0.2) is 4.39 Å². The van der Waals surface area contributed by atoms with E-state index in [2.05, 4.69) is 0 Å². The van der Waals surface area contributed by atoms with Gasteiger partial charge in [0.2, 0.25) is 0 Å². The van der Waals surface area contributed by atoms with Crippen LogP contribution >= 0.6 is 0 Å². The highest BCUT2D eigenvalue weighted by molar-refractivity contribution is 5.07. The van der Waals surface area contributed by atoms with Gasteiger partial charge in [0, 0.05) is 12.3 Å². The van der Waals surface area contributed by atoms with Gasteiger partial charge in [0.15, 0.2) is 5.83 Å². The van der Waals surface area contributed by atoms with Crippen LogP contribution in [0.3, 0.4) is 0 Å². The van der Waals surface area contributed by atoms with Crippen molar-refractivity contribution in [2.45, 2.75) is 88.6 Å². The van der Waals surface area contributed by atoms with Crippen molar-refractivity contribution in [1.29, 1.82) is 0 Å². The van der Waals surface area contributed by atoms with E-state index in [1.54, 1.807) is 0 Å². The number of hydrogen-bond donors (Lipinski definition) is 1. The Morgan fingerprint density at radius 1 is 0.781 bits per heavy atom. The van der Waals surface area contributed by atoms with E-state index in [4.69, 9.17) is 0 Å². The van der Waals surface area contributed by atoms with E-state index in [-0.39, 0.29) is 5.92 Å². The second-order valence-corrected chi connectivity index (χ2v) is 9.07. The van der Waals surface area contributed by atoms with Crippen molar-refractivity contribution in [1.82, 2.24) is 0 Å². The lowest BCUT2D eigenvalue weighted by Crippen LogP contribution is -2.61. The molecule has 1 atom stereocenters. The summed E-state index contributed by atoms with van der Waals surface area (Å²) in [6.07, 6.45) is -6.52. The van der Waals surface area contributed by atoms with Crippen molar-refractivity contribution in [3.05, 3.63) is 24.1 Å². The third kappa shape index (κ3) is 6.44. The Morgan fingerprint density at radius 3 is 1.75 bits per heavy atom. The molecule has 0 saturated heterocycles. The minimum Gasteiger partial charge on any atom is -0.373 e. The molecule has 1 N–H and O–H groups in total. The molecule has 32 heavy (non-hydrogen) atoms. The maximum absolute atomic E-state index is 13.3. The Balaban J connectivity index is 2.08. The smallest absolute Gasteiger partial charge is 0.373 e. The van der Waals surface area contributed by atoms with Crippen LogP contribution in [-0.2, 0) is 0 Å². The number of hydrogen-bond acceptors (Lipinski definition) is 1. The number of rotatable bonds is 7. The van der Waals surface area contributed by atoms with E-state index in [1.807, 2.05) is 0 Å². The Hall–Kier alpha value is -1.19. The van der Waals surface area contributed by atoms with E-state index in [0.717, 1.165) is 31.8 Å². The Morgan fingerprint density at radius 2 is 1.28 bits per heavy atom. The fourth-order valence-electron chi connectivity index (χ4n) is 5.17. The molecule has 0 radical (unpaired) electrons. The average molecular weight is 480 g/mol. The van der Waals surface area contributed by atoms with Gasteiger partial charge in [-0.2, -0.15) is 35.1 Å². The standard InChI is InChI=1S/C22H29F9O/c23-18(19(24)25)13-17(20(32,21(26,27)28)22(29,30)31)8-4-5-14-9-11-16(12-10-14)15-6-2-1-3-7-15/h4-5,14-17,32H,1-3,6-13H2/b5-4+. The molecule has 0 aromatic rings. The third-order valence-electron chi connectivity index (χ3n) is 7.05. The highest BCUT2D eigenvalue weighted by atomic mass is 19.4. The molecule has 2 aliphatic carbocycles. The second-order valence-electron chi connectivity index (χ2n) is 9.07. The first-order chi connectivity index (χ1) is 14.8. The van der Waals surface area contributed by atoms with Crippen LogP contribution in [0.25, 0.3) is 0 Å². The molecular weight excluding hydrogens is 451 g/mol. The van der Waals surface area contributed by atoms with E-state index in [1.165, 1.54) is 38.2 Å². The van der Waals surface area contributed by atoms with Gasteiger partial charge in [-0.05, 0) is 49.9 Å². The molecule has 0 heterocycles. The van der Waals surface area contributed by atoms with Crippen molar-refractivity contribution in [3.8, 4) is 0 Å². The van der Waals surface area contributed by atoms with E-state index < -0.39 is 48.6 Å².